The summed E-state index contributed by atoms with van der Waals surface area (Å²) in [6.45, 7) is 0.535. The maximum Gasteiger partial charge on any atom is 0.240 e. The third-order valence-electron chi connectivity index (χ3n) is 3.76. The van der Waals surface area contributed by atoms with Gasteiger partial charge in [-0.05, 0) is 29.5 Å². The molecule has 1 aliphatic rings. The highest BCUT2D eigenvalue weighted by Gasteiger charge is 2.45. The van der Waals surface area contributed by atoms with Crippen LogP contribution >= 0.6 is 0 Å². The Balaban J connectivity index is 1.63. The van der Waals surface area contributed by atoms with Crippen molar-refractivity contribution in [1.29, 1.82) is 0 Å². The van der Waals surface area contributed by atoms with Gasteiger partial charge < -0.3 is 11.1 Å². The number of carbonyl (C=O) groups is 1. The Morgan fingerprint density at radius 3 is 2.20 bits per heavy atom. The van der Waals surface area contributed by atoms with Gasteiger partial charge in [0.05, 0.1) is 5.54 Å². The van der Waals surface area contributed by atoms with Gasteiger partial charge in [-0.1, -0.05) is 54.6 Å². The fourth-order valence-electron chi connectivity index (χ4n) is 2.17. The molecule has 0 saturated heterocycles. The van der Waals surface area contributed by atoms with E-state index in [0.717, 1.165) is 18.4 Å². The fourth-order valence-corrected chi connectivity index (χ4v) is 2.17. The largest absolute Gasteiger partial charge is 0.350 e. The first-order chi connectivity index (χ1) is 9.67. The predicted molar refractivity (Wildman–Crippen MR) is 79.9 cm³/mol. The molecule has 1 aliphatic carbocycles. The molecular weight excluding hydrogens is 248 g/mol. The lowest BCUT2D eigenvalue weighted by Crippen LogP contribution is -2.42. The van der Waals surface area contributed by atoms with Gasteiger partial charge in [0.1, 0.15) is 0 Å². The summed E-state index contributed by atoms with van der Waals surface area (Å²) in [7, 11) is 0. The lowest BCUT2D eigenvalue weighted by Gasteiger charge is -2.10. The molecule has 1 saturated carbocycles. The number of carbonyl (C=O) groups excluding carboxylic acids is 1. The molecular formula is C17H18N2O. The van der Waals surface area contributed by atoms with Crippen LogP contribution in [0, 0.1) is 0 Å². The molecule has 0 radical (unpaired) electrons. The van der Waals surface area contributed by atoms with E-state index >= 15 is 0 Å². The third kappa shape index (κ3) is 2.73. The minimum atomic E-state index is -0.593. The molecule has 3 N–H and O–H groups in total. The van der Waals surface area contributed by atoms with E-state index in [9.17, 15) is 4.79 Å². The summed E-state index contributed by atoms with van der Waals surface area (Å²) >= 11 is 0. The van der Waals surface area contributed by atoms with Crippen molar-refractivity contribution >= 4 is 5.91 Å². The van der Waals surface area contributed by atoms with Gasteiger partial charge in [-0.15, -0.1) is 0 Å². The van der Waals surface area contributed by atoms with Crippen molar-refractivity contribution in [3.8, 4) is 11.1 Å². The molecule has 3 heteroatoms. The topological polar surface area (TPSA) is 55.1 Å². The Bertz CT molecular complexity index is 601. The van der Waals surface area contributed by atoms with E-state index in [0.29, 0.717) is 6.54 Å². The van der Waals surface area contributed by atoms with Crippen LogP contribution in [-0.4, -0.2) is 11.4 Å². The van der Waals surface area contributed by atoms with Crippen molar-refractivity contribution in [2.75, 3.05) is 0 Å². The second kappa shape index (κ2) is 5.10. The monoisotopic (exact) mass is 266 g/mol. The molecule has 2 aromatic carbocycles. The molecule has 0 aromatic heterocycles. The van der Waals surface area contributed by atoms with Crippen LogP contribution in [0.5, 0.6) is 0 Å². The van der Waals surface area contributed by atoms with Gasteiger partial charge in [-0.2, -0.15) is 0 Å². The highest BCUT2D eigenvalue weighted by Crippen LogP contribution is 2.32. The smallest absolute Gasteiger partial charge is 0.240 e. The predicted octanol–water partition coefficient (Wildman–Crippen LogP) is 2.46. The summed E-state index contributed by atoms with van der Waals surface area (Å²) in [6.07, 6.45) is 1.59. The van der Waals surface area contributed by atoms with Gasteiger partial charge in [0, 0.05) is 6.54 Å². The minimum absolute atomic E-state index is 0.0374. The number of rotatable bonds is 4. The summed E-state index contributed by atoms with van der Waals surface area (Å²) < 4.78 is 0. The molecule has 0 heterocycles. The van der Waals surface area contributed by atoms with E-state index in [2.05, 4.69) is 29.6 Å². The van der Waals surface area contributed by atoms with Gasteiger partial charge >= 0.3 is 0 Å². The summed E-state index contributed by atoms with van der Waals surface area (Å²) in [5.41, 5.74) is 8.71. The minimum Gasteiger partial charge on any atom is -0.350 e. The highest BCUT2D eigenvalue weighted by atomic mass is 16.2. The van der Waals surface area contributed by atoms with Crippen molar-refractivity contribution in [3.05, 3.63) is 60.2 Å². The quantitative estimate of drug-likeness (QED) is 0.893. The molecule has 3 nitrogen and oxygen atoms in total. The average Bonchev–Trinajstić information content (AvgIpc) is 3.25. The van der Waals surface area contributed by atoms with E-state index in [-0.39, 0.29) is 5.91 Å². The maximum atomic E-state index is 11.8. The molecule has 3 rings (SSSR count). The fraction of sp³-hybridized carbons (Fsp3) is 0.235. The van der Waals surface area contributed by atoms with Gasteiger partial charge in [0.15, 0.2) is 0 Å². The molecule has 0 bridgehead atoms. The molecule has 0 spiro atoms. The summed E-state index contributed by atoms with van der Waals surface area (Å²) in [4.78, 5) is 11.8. The van der Waals surface area contributed by atoms with Crippen LogP contribution < -0.4 is 11.1 Å². The zero-order valence-electron chi connectivity index (χ0n) is 11.3. The molecule has 102 valence electrons. The van der Waals surface area contributed by atoms with E-state index in [1.54, 1.807) is 0 Å². The number of nitrogens with one attached hydrogen (secondary N) is 1. The first-order valence-electron chi connectivity index (χ1n) is 6.89. The van der Waals surface area contributed by atoms with Crippen molar-refractivity contribution in [2.45, 2.75) is 24.9 Å². The number of nitrogens with two attached hydrogens (primary N) is 1. The number of hydrogen-bond acceptors (Lipinski definition) is 2. The second-order valence-corrected chi connectivity index (χ2v) is 5.40. The molecule has 2 aromatic rings. The van der Waals surface area contributed by atoms with E-state index in [1.807, 2.05) is 30.3 Å². The van der Waals surface area contributed by atoms with Crippen LogP contribution in [0.25, 0.3) is 11.1 Å². The molecule has 0 unspecified atom stereocenters. The molecule has 0 atom stereocenters. The standard InChI is InChI=1S/C17H18N2O/c18-17(10-11-17)16(20)19-12-13-6-8-15(9-7-13)14-4-2-1-3-5-14/h1-9H,10-12,18H2,(H,19,20). The van der Waals surface area contributed by atoms with E-state index in [4.69, 9.17) is 5.73 Å². The molecule has 1 fully saturated rings. The van der Waals surface area contributed by atoms with Gasteiger partial charge in [-0.3, -0.25) is 4.79 Å². The summed E-state index contributed by atoms with van der Waals surface area (Å²) in [5, 5.41) is 2.90. The van der Waals surface area contributed by atoms with Gasteiger partial charge in [0.2, 0.25) is 5.91 Å². The Morgan fingerprint density at radius 2 is 1.60 bits per heavy atom. The zero-order valence-corrected chi connectivity index (χ0v) is 11.3. The van der Waals surface area contributed by atoms with Crippen LogP contribution in [0.15, 0.2) is 54.6 Å². The number of hydrogen-bond donors (Lipinski definition) is 2. The van der Waals surface area contributed by atoms with Crippen molar-refractivity contribution < 1.29 is 4.79 Å². The first-order valence-corrected chi connectivity index (χ1v) is 6.89. The summed E-state index contributed by atoms with van der Waals surface area (Å²) in [6, 6.07) is 18.5. The van der Waals surface area contributed by atoms with Crippen molar-refractivity contribution in [3.63, 3.8) is 0 Å². The maximum absolute atomic E-state index is 11.8. The van der Waals surface area contributed by atoms with Crippen LogP contribution in [0.4, 0.5) is 0 Å². The Morgan fingerprint density at radius 1 is 1.00 bits per heavy atom. The van der Waals surface area contributed by atoms with Crippen LogP contribution in [0.3, 0.4) is 0 Å². The number of benzene rings is 2. The lowest BCUT2D eigenvalue weighted by molar-refractivity contribution is -0.123. The molecule has 20 heavy (non-hydrogen) atoms. The Kier molecular flexibility index (Phi) is 3.28. The SMILES string of the molecule is NC1(C(=O)NCc2ccc(-c3ccccc3)cc2)CC1. The van der Waals surface area contributed by atoms with Gasteiger partial charge in [-0.25, -0.2) is 0 Å². The zero-order chi connectivity index (χ0) is 14.0. The van der Waals surface area contributed by atoms with Crippen LogP contribution in [0.1, 0.15) is 18.4 Å². The normalized spacial score (nSPS) is 15.7. The highest BCUT2D eigenvalue weighted by molar-refractivity contribution is 5.88. The number of amides is 1. The van der Waals surface area contributed by atoms with Crippen LogP contribution in [0.2, 0.25) is 0 Å². The van der Waals surface area contributed by atoms with E-state index < -0.39 is 5.54 Å². The van der Waals surface area contributed by atoms with Crippen molar-refractivity contribution in [2.24, 2.45) is 5.73 Å². The van der Waals surface area contributed by atoms with Gasteiger partial charge in [0.25, 0.3) is 0 Å². The third-order valence-corrected chi connectivity index (χ3v) is 3.76. The molecule has 0 aliphatic heterocycles. The van der Waals surface area contributed by atoms with E-state index in [1.165, 1.54) is 11.1 Å². The van der Waals surface area contributed by atoms with Crippen LogP contribution in [-0.2, 0) is 11.3 Å². The Hall–Kier alpha value is -2.13. The average molecular weight is 266 g/mol. The summed E-state index contributed by atoms with van der Waals surface area (Å²) in [5.74, 6) is -0.0374. The molecule has 1 amide bonds. The first kappa shape index (κ1) is 12.9. The Labute approximate surface area is 118 Å². The lowest BCUT2D eigenvalue weighted by atomic mass is 10.0. The second-order valence-electron chi connectivity index (χ2n) is 5.40. The van der Waals surface area contributed by atoms with Crippen molar-refractivity contribution in [1.82, 2.24) is 5.32 Å².